The van der Waals surface area contributed by atoms with Crippen LogP contribution in [0.1, 0.15) is 13.8 Å². The molecule has 1 atom stereocenters. The van der Waals surface area contributed by atoms with Crippen molar-refractivity contribution in [2.24, 2.45) is 0 Å². The van der Waals surface area contributed by atoms with Crippen LogP contribution in [-0.4, -0.2) is 48.3 Å². The topological polar surface area (TPSA) is 64.8 Å². The summed E-state index contributed by atoms with van der Waals surface area (Å²) >= 11 is 5.87. The van der Waals surface area contributed by atoms with Crippen LogP contribution in [0.15, 0.2) is 18.2 Å². The first-order valence-corrected chi connectivity index (χ1v) is 7.27. The summed E-state index contributed by atoms with van der Waals surface area (Å²) in [4.78, 5) is 12.8. The molecule has 116 valence electrons. The lowest BCUT2D eigenvalue weighted by Gasteiger charge is -2.35. The van der Waals surface area contributed by atoms with Crippen LogP contribution >= 0.6 is 11.6 Å². The summed E-state index contributed by atoms with van der Waals surface area (Å²) in [6.45, 7) is 6.82. The van der Waals surface area contributed by atoms with Crippen LogP contribution in [0.5, 0.6) is 5.75 Å². The second-order valence-electron chi connectivity index (χ2n) is 5.26. The Morgan fingerprint density at radius 1 is 1.57 bits per heavy atom. The minimum absolute atomic E-state index is 0.0871. The maximum absolute atomic E-state index is 11.0. The number of hydrogen-bond donors (Lipinski definition) is 0. The lowest BCUT2D eigenvalue weighted by atomic mass is 10.2. The Kier molecular flexibility index (Phi) is 5.39. The van der Waals surface area contributed by atoms with Gasteiger partial charge in [-0.1, -0.05) is 11.6 Å². The van der Waals surface area contributed by atoms with Gasteiger partial charge in [0.05, 0.1) is 11.5 Å². The van der Waals surface area contributed by atoms with Crippen molar-refractivity contribution in [3.8, 4) is 5.75 Å². The van der Waals surface area contributed by atoms with Crippen LogP contribution < -0.4 is 4.74 Å². The number of morpholine rings is 1. The molecule has 1 unspecified atom stereocenters. The number of nitro benzene ring substituents is 1. The molecule has 1 aromatic rings. The highest BCUT2D eigenvalue weighted by molar-refractivity contribution is 6.30. The van der Waals surface area contributed by atoms with Crippen LogP contribution in [0, 0.1) is 10.1 Å². The van der Waals surface area contributed by atoms with Gasteiger partial charge in [0, 0.05) is 36.3 Å². The van der Waals surface area contributed by atoms with Crippen molar-refractivity contribution < 1.29 is 14.4 Å². The molecule has 1 saturated heterocycles. The van der Waals surface area contributed by atoms with Crippen LogP contribution in [-0.2, 0) is 4.74 Å². The quantitative estimate of drug-likeness (QED) is 0.617. The Morgan fingerprint density at radius 3 is 3.00 bits per heavy atom. The van der Waals surface area contributed by atoms with E-state index in [1.54, 1.807) is 0 Å². The molecular formula is C14H19ClN2O4. The third kappa shape index (κ3) is 4.30. The molecule has 0 N–H and O–H groups in total. The first kappa shape index (κ1) is 16.0. The summed E-state index contributed by atoms with van der Waals surface area (Å²) in [5.41, 5.74) is -0.0871. The van der Waals surface area contributed by atoms with Crippen molar-refractivity contribution in [2.45, 2.75) is 26.0 Å². The lowest BCUT2D eigenvalue weighted by Crippen LogP contribution is -2.47. The largest absolute Gasteiger partial charge is 0.484 e. The van der Waals surface area contributed by atoms with Crippen molar-refractivity contribution in [3.63, 3.8) is 0 Å². The van der Waals surface area contributed by atoms with Crippen molar-refractivity contribution in [3.05, 3.63) is 33.3 Å². The van der Waals surface area contributed by atoms with Crippen LogP contribution in [0.4, 0.5) is 5.69 Å². The maximum Gasteiger partial charge on any atom is 0.311 e. The summed E-state index contributed by atoms with van der Waals surface area (Å²) < 4.78 is 11.2. The molecule has 1 aliphatic heterocycles. The molecule has 0 spiro atoms. The molecule has 7 heteroatoms. The normalized spacial score (nSPS) is 19.7. The van der Waals surface area contributed by atoms with Crippen molar-refractivity contribution in [1.82, 2.24) is 4.90 Å². The van der Waals surface area contributed by atoms with Crippen molar-refractivity contribution in [2.75, 3.05) is 26.3 Å². The lowest BCUT2D eigenvalue weighted by molar-refractivity contribution is -0.385. The van der Waals surface area contributed by atoms with E-state index in [9.17, 15) is 10.1 Å². The summed E-state index contributed by atoms with van der Waals surface area (Å²) in [5, 5.41) is 11.4. The zero-order chi connectivity index (χ0) is 15.4. The van der Waals surface area contributed by atoms with Gasteiger partial charge in [-0.05, 0) is 19.9 Å². The molecule has 1 fully saturated rings. The third-order valence-electron chi connectivity index (χ3n) is 3.44. The molecule has 21 heavy (non-hydrogen) atoms. The van der Waals surface area contributed by atoms with Gasteiger partial charge in [0.2, 0.25) is 0 Å². The van der Waals surface area contributed by atoms with Gasteiger partial charge < -0.3 is 9.47 Å². The highest BCUT2D eigenvalue weighted by atomic mass is 35.5. The van der Waals surface area contributed by atoms with Gasteiger partial charge in [-0.2, -0.15) is 0 Å². The molecular weight excluding hydrogens is 296 g/mol. The van der Waals surface area contributed by atoms with E-state index in [0.717, 1.165) is 13.1 Å². The Bertz CT molecular complexity index is 510. The maximum atomic E-state index is 11.0. The summed E-state index contributed by atoms with van der Waals surface area (Å²) in [6, 6.07) is 4.73. The fraction of sp³-hybridized carbons (Fsp3) is 0.571. The fourth-order valence-electron chi connectivity index (χ4n) is 2.25. The van der Waals surface area contributed by atoms with E-state index >= 15 is 0 Å². The minimum Gasteiger partial charge on any atom is -0.484 e. The molecule has 6 nitrogen and oxygen atoms in total. The first-order valence-electron chi connectivity index (χ1n) is 6.89. The Labute approximate surface area is 128 Å². The van der Waals surface area contributed by atoms with E-state index in [1.807, 2.05) is 0 Å². The molecule has 0 aromatic heterocycles. The van der Waals surface area contributed by atoms with Gasteiger partial charge in [0.15, 0.2) is 5.75 Å². The number of nitro groups is 1. The SMILES string of the molecule is CC(C)N1CCOC(COc2cc(Cl)ccc2[N+](=O)[O-])C1. The Balaban J connectivity index is 1.99. The minimum atomic E-state index is -0.478. The van der Waals surface area contributed by atoms with Gasteiger partial charge in [-0.3, -0.25) is 15.0 Å². The highest BCUT2D eigenvalue weighted by Crippen LogP contribution is 2.30. The van der Waals surface area contributed by atoms with Crippen LogP contribution in [0.25, 0.3) is 0 Å². The molecule has 1 heterocycles. The average molecular weight is 315 g/mol. The standard InChI is InChI=1S/C14H19ClN2O4/c1-10(2)16-5-6-20-12(8-16)9-21-14-7-11(15)3-4-13(14)17(18)19/h3-4,7,10,12H,5-6,8-9H2,1-2H3. The van der Waals surface area contributed by atoms with Gasteiger partial charge >= 0.3 is 5.69 Å². The van der Waals surface area contributed by atoms with E-state index in [1.165, 1.54) is 18.2 Å². The number of ether oxygens (including phenoxy) is 2. The number of hydrogen-bond acceptors (Lipinski definition) is 5. The summed E-state index contributed by atoms with van der Waals surface area (Å²) in [7, 11) is 0. The highest BCUT2D eigenvalue weighted by Gasteiger charge is 2.24. The molecule has 0 bridgehead atoms. The van der Waals surface area contributed by atoms with Gasteiger partial charge in [-0.15, -0.1) is 0 Å². The van der Waals surface area contributed by atoms with Gasteiger partial charge in [0.1, 0.15) is 12.7 Å². The number of benzene rings is 1. The van der Waals surface area contributed by atoms with E-state index in [-0.39, 0.29) is 24.1 Å². The van der Waals surface area contributed by atoms with E-state index in [2.05, 4.69) is 18.7 Å². The zero-order valence-corrected chi connectivity index (χ0v) is 12.9. The van der Waals surface area contributed by atoms with Crippen molar-refractivity contribution >= 4 is 17.3 Å². The summed E-state index contributed by atoms with van der Waals surface area (Å²) in [5.74, 6) is 0.178. The van der Waals surface area contributed by atoms with Crippen LogP contribution in [0.2, 0.25) is 5.02 Å². The second-order valence-corrected chi connectivity index (χ2v) is 5.70. The summed E-state index contributed by atoms with van der Waals surface area (Å²) in [6.07, 6.45) is -0.0975. The Hall–Kier alpha value is -1.37. The van der Waals surface area contributed by atoms with Gasteiger partial charge in [0.25, 0.3) is 0 Å². The molecule has 1 aliphatic rings. The molecule has 0 aliphatic carbocycles. The zero-order valence-electron chi connectivity index (χ0n) is 12.1. The van der Waals surface area contributed by atoms with E-state index < -0.39 is 4.92 Å². The fourth-order valence-corrected chi connectivity index (χ4v) is 2.41. The molecule has 1 aromatic carbocycles. The number of halogens is 1. The smallest absolute Gasteiger partial charge is 0.311 e. The number of rotatable bonds is 5. The average Bonchev–Trinajstić information content (AvgIpc) is 2.45. The van der Waals surface area contributed by atoms with Crippen molar-refractivity contribution in [1.29, 1.82) is 0 Å². The molecule has 0 saturated carbocycles. The Morgan fingerprint density at radius 2 is 2.33 bits per heavy atom. The second kappa shape index (κ2) is 7.06. The third-order valence-corrected chi connectivity index (χ3v) is 3.68. The van der Waals surface area contributed by atoms with E-state index in [4.69, 9.17) is 21.1 Å². The predicted molar refractivity (Wildman–Crippen MR) is 80.1 cm³/mol. The molecule has 0 amide bonds. The van der Waals surface area contributed by atoms with Gasteiger partial charge in [-0.25, -0.2) is 0 Å². The van der Waals surface area contributed by atoms with E-state index in [0.29, 0.717) is 17.7 Å². The monoisotopic (exact) mass is 314 g/mol. The predicted octanol–water partition coefficient (Wildman–Crippen LogP) is 2.74. The first-order chi connectivity index (χ1) is 9.97. The molecule has 2 rings (SSSR count). The van der Waals surface area contributed by atoms with Crippen LogP contribution in [0.3, 0.4) is 0 Å². The number of nitrogens with zero attached hydrogens (tertiary/aromatic N) is 2. The molecule has 0 radical (unpaired) electrons.